The number of aromatic nitrogens is 2. The van der Waals surface area contributed by atoms with E-state index in [0.717, 1.165) is 11.1 Å². The number of nitrogens with zero attached hydrogens (tertiary/aromatic N) is 2. The number of sulfonamides is 1. The third-order valence-corrected chi connectivity index (χ3v) is 7.25. The maximum absolute atomic E-state index is 13.0. The summed E-state index contributed by atoms with van der Waals surface area (Å²) in [6.45, 7) is 1.78. The zero-order valence-corrected chi connectivity index (χ0v) is 19.7. The summed E-state index contributed by atoms with van der Waals surface area (Å²) in [5.41, 5.74) is 2.95. The van der Waals surface area contributed by atoms with E-state index in [2.05, 4.69) is 10.0 Å². The standard InChI is InChI=1S/C23H21ClN4O4S/c1-14-6-4-5-7-18(14)26-33(31,32)21-12-15(8-10-17(21)24)22(29)25-16-9-11-19-20(13-16)28(3)23(30)27(19)2/h4-13,26H,1-3H3,(H,25,29). The molecule has 1 heterocycles. The second kappa shape index (κ2) is 8.42. The van der Waals surface area contributed by atoms with E-state index in [1.54, 1.807) is 63.5 Å². The number of anilines is 2. The third kappa shape index (κ3) is 4.24. The second-order valence-electron chi connectivity index (χ2n) is 7.62. The normalized spacial score (nSPS) is 11.5. The Morgan fingerprint density at radius 1 is 0.939 bits per heavy atom. The molecule has 0 spiro atoms. The molecule has 0 aliphatic carbocycles. The van der Waals surface area contributed by atoms with Crippen molar-refractivity contribution in [2.24, 2.45) is 14.1 Å². The first-order chi connectivity index (χ1) is 15.6. The van der Waals surface area contributed by atoms with Gasteiger partial charge in [0.25, 0.3) is 15.9 Å². The highest BCUT2D eigenvalue weighted by Gasteiger charge is 2.21. The van der Waals surface area contributed by atoms with E-state index in [9.17, 15) is 18.0 Å². The summed E-state index contributed by atoms with van der Waals surface area (Å²) < 4.78 is 31.4. The van der Waals surface area contributed by atoms with Gasteiger partial charge in [0, 0.05) is 25.3 Å². The van der Waals surface area contributed by atoms with Crippen molar-refractivity contribution in [1.29, 1.82) is 0 Å². The van der Waals surface area contributed by atoms with Crippen molar-refractivity contribution in [2.45, 2.75) is 11.8 Å². The van der Waals surface area contributed by atoms with Crippen LogP contribution in [-0.2, 0) is 24.1 Å². The van der Waals surface area contributed by atoms with Gasteiger partial charge in [-0.3, -0.25) is 18.7 Å². The lowest BCUT2D eigenvalue weighted by Crippen LogP contribution is -2.19. The van der Waals surface area contributed by atoms with E-state index in [4.69, 9.17) is 11.6 Å². The van der Waals surface area contributed by atoms with Gasteiger partial charge in [-0.15, -0.1) is 0 Å². The number of halogens is 1. The number of imidazole rings is 1. The summed E-state index contributed by atoms with van der Waals surface area (Å²) in [5.74, 6) is -0.515. The number of amides is 1. The average Bonchev–Trinajstić information content (AvgIpc) is 2.99. The highest BCUT2D eigenvalue weighted by molar-refractivity contribution is 7.92. The molecule has 1 aromatic heterocycles. The number of hydrogen-bond donors (Lipinski definition) is 2. The minimum Gasteiger partial charge on any atom is -0.322 e. The van der Waals surface area contributed by atoms with Gasteiger partial charge in [0.15, 0.2) is 0 Å². The molecule has 0 unspecified atom stereocenters. The number of aryl methyl sites for hydroxylation is 3. The van der Waals surface area contributed by atoms with E-state index >= 15 is 0 Å². The summed E-state index contributed by atoms with van der Waals surface area (Å²) in [7, 11) is -0.717. The van der Waals surface area contributed by atoms with Crippen LogP contribution in [0, 0.1) is 6.92 Å². The van der Waals surface area contributed by atoms with E-state index < -0.39 is 15.9 Å². The molecule has 0 aliphatic rings. The summed E-state index contributed by atoms with van der Waals surface area (Å²) >= 11 is 6.17. The van der Waals surface area contributed by atoms with Crippen molar-refractivity contribution in [1.82, 2.24) is 9.13 Å². The smallest absolute Gasteiger partial charge is 0.322 e. The first-order valence-electron chi connectivity index (χ1n) is 9.93. The van der Waals surface area contributed by atoms with Crippen LogP contribution < -0.4 is 15.7 Å². The van der Waals surface area contributed by atoms with Gasteiger partial charge in [-0.25, -0.2) is 13.2 Å². The van der Waals surface area contributed by atoms with Crippen LogP contribution in [0.25, 0.3) is 11.0 Å². The monoisotopic (exact) mass is 484 g/mol. The van der Waals surface area contributed by atoms with Gasteiger partial charge >= 0.3 is 5.69 Å². The number of hydrogen-bond acceptors (Lipinski definition) is 4. The van der Waals surface area contributed by atoms with Crippen molar-refractivity contribution in [3.63, 3.8) is 0 Å². The second-order valence-corrected chi connectivity index (χ2v) is 9.68. The molecule has 0 atom stereocenters. The third-order valence-electron chi connectivity index (χ3n) is 5.40. The van der Waals surface area contributed by atoms with Crippen LogP contribution in [0.3, 0.4) is 0 Å². The predicted molar refractivity (Wildman–Crippen MR) is 130 cm³/mol. The van der Waals surface area contributed by atoms with Crippen molar-refractivity contribution in [3.8, 4) is 0 Å². The van der Waals surface area contributed by atoms with E-state index in [-0.39, 0.29) is 21.2 Å². The number of carbonyl (C=O) groups is 1. The van der Waals surface area contributed by atoms with E-state index in [0.29, 0.717) is 16.9 Å². The summed E-state index contributed by atoms with van der Waals surface area (Å²) in [6.07, 6.45) is 0. The van der Waals surface area contributed by atoms with E-state index in [1.165, 1.54) is 27.3 Å². The van der Waals surface area contributed by atoms with Crippen LogP contribution in [0.2, 0.25) is 5.02 Å². The largest absolute Gasteiger partial charge is 0.328 e. The van der Waals surface area contributed by atoms with Gasteiger partial charge in [0.2, 0.25) is 0 Å². The fourth-order valence-electron chi connectivity index (χ4n) is 3.53. The molecule has 170 valence electrons. The molecule has 10 heteroatoms. The van der Waals surface area contributed by atoms with Crippen molar-refractivity contribution < 1.29 is 13.2 Å². The zero-order chi connectivity index (χ0) is 23.9. The van der Waals surface area contributed by atoms with Crippen molar-refractivity contribution in [2.75, 3.05) is 10.0 Å². The summed E-state index contributed by atoms with van der Waals surface area (Å²) in [4.78, 5) is 24.8. The van der Waals surface area contributed by atoms with Crippen molar-refractivity contribution >= 4 is 49.9 Å². The van der Waals surface area contributed by atoms with Crippen LogP contribution in [-0.4, -0.2) is 23.5 Å². The Morgan fingerprint density at radius 3 is 2.36 bits per heavy atom. The molecule has 4 rings (SSSR count). The number of rotatable bonds is 5. The number of fused-ring (bicyclic) bond motifs is 1. The number of nitrogens with one attached hydrogen (secondary N) is 2. The van der Waals surface area contributed by atoms with Crippen LogP contribution >= 0.6 is 11.6 Å². The highest BCUT2D eigenvalue weighted by atomic mass is 35.5. The quantitative estimate of drug-likeness (QED) is 0.448. The maximum Gasteiger partial charge on any atom is 0.328 e. The molecule has 0 saturated heterocycles. The van der Waals surface area contributed by atoms with Crippen LogP contribution in [0.15, 0.2) is 70.4 Å². The molecular formula is C23H21ClN4O4S. The number of carbonyl (C=O) groups excluding carboxylic acids is 1. The molecular weight excluding hydrogens is 464 g/mol. The molecule has 0 fully saturated rings. The first kappa shape index (κ1) is 22.6. The molecule has 0 aliphatic heterocycles. The van der Waals surface area contributed by atoms with E-state index in [1.807, 2.05) is 0 Å². The molecule has 2 N–H and O–H groups in total. The predicted octanol–water partition coefficient (Wildman–Crippen LogP) is 3.89. The molecule has 8 nitrogen and oxygen atoms in total. The number of benzene rings is 3. The Balaban J connectivity index is 1.64. The molecule has 0 bridgehead atoms. The Hall–Kier alpha value is -3.56. The Morgan fingerprint density at radius 2 is 1.64 bits per heavy atom. The zero-order valence-electron chi connectivity index (χ0n) is 18.1. The lowest BCUT2D eigenvalue weighted by molar-refractivity contribution is 0.102. The van der Waals surface area contributed by atoms with Gasteiger partial charge in [0.05, 0.1) is 21.7 Å². The fourth-order valence-corrected chi connectivity index (χ4v) is 5.18. The van der Waals surface area contributed by atoms with Gasteiger partial charge in [-0.05, 0) is 55.0 Å². The topological polar surface area (TPSA) is 102 Å². The molecule has 0 saturated carbocycles. The Labute approximate surface area is 195 Å². The van der Waals surface area contributed by atoms with Gasteiger partial charge in [0.1, 0.15) is 4.90 Å². The highest BCUT2D eigenvalue weighted by Crippen LogP contribution is 2.27. The van der Waals surface area contributed by atoms with Crippen molar-refractivity contribution in [3.05, 3.63) is 87.3 Å². The van der Waals surface area contributed by atoms with Gasteiger partial charge in [-0.2, -0.15) is 0 Å². The lowest BCUT2D eigenvalue weighted by atomic mass is 10.2. The molecule has 33 heavy (non-hydrogen) atoms. The minimum atomic E-state index is -4.03. The van der Waals surface area contributed by atoms with Crippen LogP contribution in [0.1, 0.15) is 15.9 Å². The average molecular weight is 485 g/mol. The molecule has 4 aromatic rings. The van der Waals surface area contributed by atoms with Crippen LogP contribution in [0.5, 0.6) is 0 Å². The maximum atomic E-state index is 13.0. The number of para-hydroxylation sites is 1. The molecule has 0 radical (unpaired) electrons. The van der Waals surface area contributed by atoms with Gasteiger partial charge in [-0.1, -0.05) is 29.8 Å². The van der Waals surface area contributed by atoms with Gasteiger partial charge < -0.3 is 5.32 Å². The first-order valence-corrected chi connectivity index (χ1v) is 11.8. The fraction of sp³-hybridized carbons (Fsp3) is 0.130. The van der Waals surface area contributed by atoms with Crippen LogP contribution in [0.4, 0.5) is 11.4 Å². The summed E-state index contributed by atoms with van der Waals surface area (Å²) in [5, 5.41) is 2.74. The Bertz CT molecular complexity index is 1570. The Kier molecular flexibility index (Phi) is 5.77. The SMILES string of the molecule is Cc1ccccc1NS(=O)(=O)c1cc(C(=O)Nc2ccc3c(c2)n(C)c(=O)n3C)ccc1Cl. The lowest BCUT2D eigenvalue weighted by Gasteiger charge is -2.13. The molecule has 1 amide bonds. The minimum absolute atomic E-state index is 0.00617. The summed E-state index contributed by atoms with van der Waals surface area (Å²) in [6, 6.07) is 16.1. The molecule has 3 aromatic carbocycles.